The number of pyridine rings is 1. The van der Waals surface area contributed by atoms with Crippen molar-refractivity contribution in [1.29, 1.82) is 0 Å². The summed E-state index contributed by atoms with van der Waals surface area (Å²) in [5, 5.41) is 21.3. The highest BCUT2D eigenvalue weighted by atomic mass is 19.1. The van der Waals surface area contributed by atoms with Gasteiger partial charge in [-0.05, 0) is 39.0 Å². The number of carbonyl (C=O) groups excluding carboxylic acids is 2. The van der Waals surface area contributed by atoms with Crippen LogP contribution in [-0.4, -0.2) is 86.8 Å². The molecule has 0 radical (unpaired) electrons. The molecule has 5 rings (SSSR count). The number of anilines is 1. The Bertz CT molecular complexity index is 1320. The fourth-order valence-corrected chi connectivity index (χ4v) is 5.88. The van der Waals surface area contributed by atoms with Crippen molar-refractivity contribution < 1.29 is 33.3 Å². The van der Waals surface area contributed by atoms with E-state index in [0.717, 1.165) is 6.07 Å². The molecule has 0 bridgehead atoms. The summed E-state index contributed by atoms with van der Waals surface area (Å²) in [5.74, 6) is -3.71. The number of benzene rings is 1. The Morgan fingerprint density at radius 1 is 1.24 bits per heavy atom. The maximum absolute atomic E-state index is 16.1. The molecule has 0 unspecified atom stereocenters. The molecule has 1 aromatic heterocycles. The molecule has 2 N–H and O–H groups in total. The number of carbonyl (C=O) groups is 2. The minimum atomic E-state index is -1.14. The number of halogens is 2. The van der Waals surface area contributed by atoms with E-state index in [1.54, 1.807) is 16.7 Å². The van der Waals surface area contributed by atoms with Gasteiger partial charge >= 0.3 is 0 Å². The van der Waals surface area contributed by atoms with E-state index >= 15 is 4.39 Å². The summed E-state index contributed by atoms with van der Waals surface area (Å²) < 4.78 is 36.9. The monoisotopic (exact) mass is 528 g/mol. The number of aliphatic hydroxyl groups is 1. The van der Waals surface area contributed by atoms with Crippen molar-refractivity contribution in [3.63, 3.8) is 0 Å². The Labute approximate surface area is 218 Å². The molecule has 2 fully saturated rings. The number of hydrogen-bond donors (Lipinski definition) is 2. The third kappa shape index (κ3) is 4.14. The van der Waals surface area contributed by atoms with Crippen molar-refractivity contribution in [2.24, 2.45) is 0 Å². The van der Waals surface area contributed by atoms with E-state index < -0.39 is 57.5 Å². The Kier molecular flexibility index (Phi) is 6.09. The van der Waals surface area contributed by atoms with Crippen molar-refractivity contribution >= 4 is 17.6 Å². The molecule has 9 nitrogen and oxygen atoms in total. The molecular weight excluding hydrogens is 498 g/mol. The number of ether oxygens (including phenoxy) is 1. The number of aromatic hydroxyl groups is 1. The highest BCUT2D eigenvalue weighted by Gasteiger charge is 2.49. The van der Waals surface area contributed by atoms with E-state index in [4.69, 9.17) is 4.74 Å². The highest BCUT2D eigenvalue weighted by molar-refractivity contribution is 6.03. The van der Waals surface area contributed by atoms with Crippen molar-refractivity contribution in [3.8, 4) is 22.8 Å². The predicted octanol–water partition coefficient (Wildman–Crippen LogP) is 2.70. The van der Waals surface area contributed by atoms with Crippen LogP contribution in [0.4, 0.5) is 14.6 Å². The average Bonchev–Trinajstić information content (AvgIpc) is 2.98. The summed E-state index contributed by atoms with van der Waals surface area (Å²) in [6, 6.07) is 3.00. The Morgan fingerprint density at radius 2 is 1.97 bits per heavy atom. The smallest absolute Gasteiger partial charge is 0.262 e. The van der Waals surface area contributed by atoms with Gasteiger partial charge in [-0.3, -0.25) is 9.59 Å². The third-order valence-electron chi connectivity index (χ3n) is 7.47. The maximum atomic E-state index is 16.1. The summed E-state index contributed by atoms with van der Waals surface area (Å²) in [6.07, 6.45) is 1.52. The van der Waals surface area contributed by atoms with Gasteiger partial charge in [-0.25, -0.2) is 13.8 Å². The molecule has 2 saturated heterocycles. The molecule has 0 spiro atoms. The van der Waals surface area contributed by atoms with Crippen LogP contribution in [0, 0.1) is 11.6 Å². The predicted molar refractivity (Wildman–Crippen MR) is 135 cm³/mol. The number of rotatable bonds is 3. The molecular formula is C27H30F2N4O5. The number of nitrogens with zero attached hydrogens (tertiary/aromatic N) is 4. The lowest BCUT2D eigenvalue weighted by molar-refractivity contribution is -0.128. The van der Waals surface area contributed by atoms with Gasteiger partial charge in [-0.15, -0.1) is 0 Å². The van der Waals surface area contributed by atoms with E-state index in [0.29, 0.717) is 6.42 Å². The lowest BCUT2D eigenvalue weighted by Crippen LogP contribution is -2.57. The molecule has 3 aliphatic heterocycles. The third-order valence-corrected chi connectivity index (χ3v) is 7.47. The zero-order valence-electron chi connectivity index (χ0n) is 21.5. The summed E-state index contributed by atoms with van der Waals surface area (Å²) in [4.78, 5) is 35.4. The quantitative estimate of drug-likeness (QED) is 0.590. The summed E-state index contributed by atoms with van der Waals surface area (Å²) in [6.45, 7) is 9.45. The maximum Gasteiger partial charge on any atom is 0.262 e. The van der Waals surface area contributed by atoms with E-state index in [1.165, 1.54) is 23.1 Å². The Hall–Kier alpha value is -3.73. The van der Waals surface area contributed by atoms with Crippen LogP contribution in [0.1, 0.15) is 37.6 Å². The van der Waals surface area contributed by atoms with Crippen molar-refractivity contribution in [2.45, 2.75) is 44.4 Å². The fourth-order valence-electron chi connectivity index (χ4n) is 5.88. The van der Waals surface area contributed by atoms with Gasteiger partial charge in [-0.1, -0.05) is 12.6 Å². The number of β-amino-alcohol motifs (C(OH)–C–C–N with tert-alkyl or cyclic N) is 1. The summed E-state index contributed by atoms with van der Waals surface area (Å²) in [5.41, 5.74) is -2.96. The molecule has 11 heteroatoms. The molecule has 3 aliphatic rings. The van der Waals surface area contributed by atoms with Gasteiger partial charge < -0.3 is 29.6 Å². The van der Waals surface area contributed by atoms with E-state index in [9.17, 15) is 24.2 Å². The summed E-state index contributed by atoms with van der Waals surface area (Å²) >= 11 is 0. The molecule has 1 aromatic carbocycles. The van der Waals surface area contributed by atoms with E-state index in [2.05, 4.69) is 11.6 Å². The molecule has 202 valence electrons. The minimum Gasteiger partial charge on any atom is -0.507 e. The molecule has 2 atom stereocenters. The van der Waals surface area contributed by atoms with Gasteiger partial charge in [0.1, 0.15) is 35.2 Å². The SMILES string of the molecule is C=CC(=O)N1CCN2C(=O)c3c(N4C[C@@](C)(O)CC4(C)C)nc(-c4c(O)cccc4F)c(F)c3OC[C@H]2C1. The van der Waals surface area contributed by atoms with Gasteiger partial charge in [0.2, 0.25) is 5.91 Å². The number of aromatic nitrogens is 1. The second-order valence-electron chi connectivity index (χ2n) is 11.0. The number of fused-ring (bicyclic) bond motifs is 2. The average molecular weight is 529 g/mol. The lowest BCUT2D eigenvalue weighted by Gasteiger charge is -2.40. The van der Waals surface area contributed by atoms with Crippen LogP contribution in [-0.2, 0) is 4.79 Å². The number of phenolic OH excluding ortho intramolecular Hbond substituents is 1. The second-order valence-corrected chi connectivity index (χ2v) is 11.0. The second kappa shape index (κ2) is 8.93. The fraction of sp³-hybridized carbons (Fsp3) is 0.444. The molecule has 38 heavy (non-hydrogen) atoms. The topological polar surface area (TPSA) is 106 Å². The van der Waals surface area contributed by atoms with Crippen LogP contribution in [0.15, 0.2) is 30.9 Å². The molecule has 4 heterocycles. The van der Waals surface area contributed by atoms with Crippen molar-refractivity contribution in [2.75, 3.05) is 37.7 Å². The Morgan fingerprint density at radius 3 is 2.61 bits per heavy atom. The molecule has 0 aliphatic carbocycles. The first-order valence-corrected chi connectivity index (χ1v) is 12.4. The Balaban J connectivity index is 1.71. The van der Waals surface area contributed by atoms with Crippen molar-refractivity contribution in [3.05, 3.63) is 48.1 Å². The number of phenols is 1. The van der Waals surface area contributed by atoms with Crippen molar-refractivity contribution in [1.82, 2.24) is 14.8 Å². The van der Waals surface area contributed by atoms with Crippen LogP contribution >= 0.6 is 0 Å². The highest BCUT2D eigenvalue weighted by Crippen LogP contribution is 2.46. The van der Waals surface area contributed by atoms with Crippen LogP contribution in [0.2, 0.25) is 0 Å². The van der Waals surface area contributed by atoms with Gasteiger partial charge in [-0.2, -0.15) is 0 Å². The van der Waals surface area contributed by atoms with Crippen LogP contribution in [0.25, 0.3) is 11.3 Å². The van der Waals surface area contributed by atoms with Crippen LogP contribution < -0.4 is 9.64 Å². The van der Waals surface area contributed by atoms with E-state index in [1.807, 2.05) is 13.8 Å². The lowest BCUT2D eigenvalue weighted by atomic mass is 9.94. The normalized spacial score (nSPS) is 24.4. The number of amides is 2. The van der Waals surface area contributed by atoms with Gasteiger partial charge in [0.25, 0.3) is 5.91 Å². The van der Waals surface area contributed by atoms with E-state index in [-0.39, 0.29) is 50.1 Å². The zero-order valence-corrected chi connectivity index (χ0v) is 21.5. The van der Waals surface area contributed by atoms with Crippen LogP contribution in [0.5, 0.6) is 11.5 Å². The summed E-state index contributed by atoms with van der Waals surface area (Å²) in [7, 11) is 0. The largest absolute Gasteiger partial charge is 0.507 e. The number of hydrogen-bond acceptors (Lipinski definition) is 7. The van der Waals surface area contributed by atoms with Gasteiger partial charge in [0.15, 0.2) is 11.6 Å². The molecule has 2 amide bonds. The molecule has 0 saturated carbocycles. The van der Waals surface area contributed by atoms with Crippen LogP contribution in [0.3, 0.4) is 0 Å². The van der Waals surface area contributed by atoms with Gasteiger partial charge in [0.05, 0.1) is 17.2 Å². The van der Waals surface area contributed by atoms with Gasteiger partial charge in [0, 0.05) is 38.1 Å². The minimum absolute atomic E-state index is 0.0251. The zero-order chi connectivity index (χ0) is 27.6. The number of piperazine rings is 1. The first-order chi connectivity index (χ1) is 17.8. The standard InChI is InChI=1S/C27H30F2N4O5/c1-5-18(35)31-9-10-32-15(11-31)12-38-23-20(25(32)36)24(33-14-27(4,37)13-26(33,2)3)30-22(21(23)29)19-16(28)7-6-8-17(19)34/h5-8,15,34,37H,1,9-14H2,2-4H3/t15-,27+/m1/s1. The molecule has 2 aromatic rings. The first kappa shape index (κ1) is 25.9. The first-order valence-electron chi connectivity index (χ1n) is 12.4.